The predicted molar refractivity (Wildman–Crippen MR) is 169 cm³/mol. The molecule has 2 N–H and O–H groups in total. The Balaban J connectivity index is 1.45. The summed E-state index contributed by atoms with van der Waals surface area (Å²) in [5.41, 5.74) is 5.09. The number of hydrogen-bond acceptors (Lipinski definition) is 5. The van der Waals surface area contributed by atoms with E-state index in [1.165, 1.54) is 10.9 Å². The van der Waals surface area contributed by atoms with Crippen molar-refractivity contribution in [3.63, 3.8) is 0 Å². The van der Waals surface area contributed by atoms with Crippen molar-refractivity contribution in [2.24, 2.45) is 5.92 Å². The standard InChI is InChI=1S/C32H44N6O3Si/c1-7-19-37-28(17-18-33-37)31(39)35-30(26-11-9-8-10-12-26)32(40)34-27-15-13-25(14-16-27)29-23(2)36-38(24(29)3)22-41-20-21-42(4,5)6/h1,13-18,26,30H,8-12,19-22H2,2-6H3,(H,34,40)(H,35,39)/t30-/m0/s1. The minimum absolute atomic E-state index is 0.0649. The van der Waals surface area contributed by atoms with Crippen molar-refractivity contribution < 1.29 is 14.3 Å². The first-order valence-electron chi connectivity index (χ1n) is 14.9. The fourth-order valence-electron chi connectivity index (χ4n) is 5.53. The van der Waals surface area contributed by atoms with E-state index in [0.717, 1.165) is 67.3 Å². The Morgan fingerprint density at radius 2 is 1.81 bits per heavy atom. The molecule has 42 heavy (non-hydrogen) atoms. The van der Waals surface area contributed by atoms with E-state index >= 15 is 0 Å². The molecule has 0 spiro atoms. The summed E-state index contributed by atoms with van der Waals surface area (Å²) in [5.74, 6) is 2.00. The molecule has 0 unspecified atom stereocenters. The Morgan fingerprint density at radius 3 is 2.48 bits per heavy atom. The van der Waals surface area contributed by atoms with Gasteiger partial charge in [-0.3, -0.25) is 9.59 Å². The van der Waals surface area contributed by atoms with E-state index in [9.17, 15) is 9.59 Å². The van der Waals surface area contributed by atoms with Crippen LogP contribution in [0.3, 0.4) is 0 Å². The lowest BCUT2D eigenvalue weighted by Crippen LogP contribution is -2.49. The highest BCUT2D eigenvalue weighted by Crippen LogP contribution is 2.30. The molecule has 1 saturated carbocycles. The number of amides is 2. The Bertz CT molecular complexity index is 1410. The number of aryl methyl sites for hydroxylation is 1. The summed E-state index contributed by atoms with van der Waals surface area (Å²) in [4.78, 5) is 26.7. The summed E-state index contributed by atoms with van der Waals surface area (Å²) < 4.78 is 9.31. The molecule has 2 aromatic heterocycles. The lowest BCUT2D eigenvalue weighted by atomic mass is 9.83. The molecule has 1 aliphatic carbocycles. The summed E-state index contributed by atoms with van der Waals surface area (Å²) in [6.07, 6.45) is 12.0. The molecule has 224 valence electrons. The maximum Gasteiger partial charge on any atom is 0.270 e. The number of benzene rings is 1. The van der Waals surface area contributed by atoms with E-state index in [4.69, 9.17) is 16.3 Å². The van der Waals surface area contributed by atoms with Gasteiger partial charge in [0.1, 0.15) is 25.0 Å². The van der Waals surface area contributed by atoms with Gasteiger partial charge in [0.25, 0.3) is 5.91 Å². The van der Waals surface area contributed by atoms with Gasteiger partial charge in [-0.25, -0.2) is 9.36 Å². The molecule has 1 fully saturated rings. The molecular weight excluding hydrogens is 544 g/mol. The van der Waals surface area contributed by atoms with E-state index in [1.807, 2.05) is 35.9 Å². The molecular formula is C32H44N6O3Si. The second kappa shape index (κ2) is 14.0. The molecule has 4 rings (SSSR count). The second-order valence-corrected chi connectivity index (χ2v) is 18.0. The Kier molecular flexibility index (Phi) is 10.4. The van der Waals surface area contributed by atoms with Crippen LogP contribution in [0.15, 0.2) is 36.5 Å². The number of anilines is 1. The molecule has 0 saturated heterocycles. The smallest absolute Gasteiger partial charge is 0.270 e. The Morgan fingerprint density at radius 1 is 1.10 bits per heavy atom. The Hall–Kier alpha value is -3.68. The molecule has 9 nitrogen and oxygen atoms in total. The zero-order valence-corrected chi connectivity index (χ0v) is 26.6. The van der Waals surface area contributed by atoms with Crippen LogP contribution >= 0.6 is 0 Å². The fourth-order valence-corrected chi connectivity index (χ4v) is 6.28. The first-order chi connectivity index (χ1) is 20.1. The molecule has 2 heterocycles. The van der Waals surface area contributed by atoms with Gasteiger partial charge in [0.2, 0.25) is 5.91 Å². The van der Waals surface area contributed by atoms with Gasteiger partial charge in [-0.1, -0.05) is 57.0 Å². The summed E-state index contributed by atoms with van der Waals surface area (Å²) in [6.45, 7) is 12.4. The number of carbonyl (C=O) groups is 2. The van der Waals surface area contributed by atoms with Crippen LogP contribution in [-0.2, 0) is 22.8 Å². The highest BCUT2D eigenvalue weighted by Gasteiger charge is 2.32. The molecule has 0 bridgehead atoms. The maximum atomic E-state index is 13.6. The average Bonchev–Trinajstić information content (AvgIpc) is 3.53. The molecule has 10 heteroatoms. The molecule has 3 aromatic rings. The number of carbonyl (C=O) groups excluding carboxylic acids is 2. The monoisotopic (exact) mass is 588 g/mol. The molecule has 2 amide bonds. The number of nitrogens with zero attached hydrogens (tertiary/aromatic N) is 4. The number of aromatic nitrogens is 4. The molecule has 0 radical (unpaired) electrons. The summed E-state index contributed by atoms with van der Waals surface area (Å²) >= 11 is 0. The van der Waals surface area contributed by atoms with E-state index < -0.39 is 14.1 Å². The highest BCUT2D eigenvalue weighted by molar-refractivity contribution is 6.76. The minimum Gasteiger partial charge on any atom is -0.360 e. The van der Waals surface area contributed by atoms with Crippen LogP contribution in [0, 0.1) is 32.1 Å². The molecule has 1 aromatic carbocycles. The van der Waals surface area contributed by atoms with Crippen LogP contribution in [0.5, 0.6) is 0 Å². The predicted octanol–water partition coefficient (Wildman–Crippen LogP) is 5.63. The van der Waals surface area contributed by atoms with Crippen molar-refractivity contribution in [1.29, 1.82) is 0 Å². The lowest BCUT2D eigenvalue weighted by Gasteiger charge is -2.30. The number of nitrogens with one attached hydrogen (secondary N) is 2. The topological polar surface area (TPSA) is 103 Å². The quantitative estimate of drug-likeness (QED) is 0.162. The largest absolute Gasteiger partial charge is 0.360 e. The van der Waals surface area contributed by atoms with Crippen molar-refractivity contribution in [2.75, 3.05) is 11.9 Å². The molecule has 1 atom stereocenters. The minimum atomic E-state index is -1.14. The third-order valence-corrected chi connectivity index (χ3v) is 9.62. The van der Waals surface area contributed by atoms with Crippen LogP contribution in [0.25, 0.3) is 11.1 Å². The third-order valence-electron chi connectivity index (χ3n) is 7.91. The number of rotatable bonds is 12. The Labute approximate surface area is 250 Å². The van der Waals surface area contributed by atoms with Gasteiger partial charge in [-0.05, 0) is 62.4 Å². The summed E-state index contributed by atoms with van der Waals surface area (Å²) in [5, 5.41) is 14.9. The van der Waals surface area contributed by atoms with E-state index in [0.29, 0.717) is 18.1 Å². The van der Waals surface area contributed by atoms with Crippen molar-refractivity contribution in [3.05, 3.63) is 53.6 Å². The second-order valence-electron chi connectivity index (χ2n) is 12.4. The van der Waals surface area contributed by atoms with E-state index in [2.05, 4.69) is 48.2 Å². The van der Waals surface area contributed by atoms with Crippen LogP contribution in [0.4, 0.5) is 5.69 Å². The van der Waals surface area contributed by atoms with Gasteiger partial charge in [0, 0.05) is 37.8 Å². The summed E-state index contributed by atoms with van der Waals surface area (Å²) in [7, 11) is -1.14. The van der Waals surface area contributed by atoms with Gasteiger partial charge in [-0.15, -0.1) is 6.42 Å². The number of hydrogen-bond donors (Lipinski definition) is 2. The van der Waals surface area contributed by atoms with Crippen molar-refractivity contribution in [3.8, 4) is 23.5 Å². The van der Waals surface area contributed by atoms with Crippen molar-refractivity contribution >= 4 is 25.6 Å². The van der Waals surface area contributed by atoms with E-state index in [-0.39, 0.29) is 24.3 Å². The number of terminal acetylenes is 1. The maximum absolute atomic E-state index is 13.6. The fraction of sp³-hybridized carbons (Fsp3) is 0.500. The van der Waals surface area contributed by atoms with Crippen LogP contribution in [-0.4, -0.2) is 52.1 Å². The van der Waals surface area contributed by atoms with E-state index in [1.54, 1.807) is 6.07 Å². The molecule has 0 aliphatic heterocycles. The van der Waals surface area contributed by atoms with Crippen LogP contribution < -0.4 is 10.6 Å². The zero-order valence-electron chi connectivity index (χ0n) is 25.6. The first kappa shape index (κ1) is 31.3. The number of ether oxygens (including phenoxy) is 1. The highest BCUT2D eigenvalue weighted by atomic mass is 28.3. The average molecular weight is 589 g/mol. The van der Waals surface area contributed by atoms with Crippen molar-refractivity contribution in [1.82, 2.24) is 24.9 Å². The summed E-state index contributed by atoms with van der Waals surface area (Å²) in [6, 6.07) is 9.87. The van der Waals surface area contributed by atoms with Crippen LogP contribution in [0.2, 0.25) is 25.7 Å². The van der Waals surface area contributed by atoms with Gasteiger partial charge in [0.15, 0.2) is 0 Å². The van der Waals surface area contributed by atoms with Crippen molar-refractivity contribution in [2.45, 2.75) is 91.0 Å². The van der Waals surface area contributed by atoms with Gasteiger partial charge in [-0.2, -0.15) is 10.2 Å². The lowest BCUT2D eigenvalue weighted by molar-refractivity contribution is -0.119. The molecule has 1 aliphatic rings. The first-order valence-corrected chi connectivity index (χ1v) is 18.6. The zero-order chi connectivity index (χ0) is 30.3. The normalized spacial score (nSPS) is 14.8. The van der Waals surface area contributed by atoms with Gasteiger partial charge >= 0.3 is 0 Å². The van der Waals surface area contributed by atoms with Gasteiger partial charge < -0.3 is 15.4 Å². The third kappa shape index (κ3) is 7.99. The van der Waals surface area contributed by atoms with Crippen LogP contribution in [0.1, 0.15) is 54.0 Å². The van der Waals surface area contributed by atoms with Gasteiger partial charge in [0.05, 0.1) is 5.69 Å². The SMILES string of the molecule is C#CCn1nccc1C(=O)N[C@H](C(=O)Nc1ccc(-c2c(C)nn(COCC[Si](C)(C)C)c2C)cc1)C1CCCCC1.